The molecular formula is C20H35N5O. The third-order valence-electron chi connectivity index (χ3n) is 5.55. The highest BCUT2D eigenvalue weighted by atomic mass is 16.5. The van der Waals surface area contributed by atoms with Crippen LogP contribution in [0.25, 0.3) is 0 Å². The van der Waals surface area contributed by atoms with Gasteiger partial charge in [0.25, 0.3) is 0 Å². The van der Waals surface area contributed by atoms with E-state index in [1.165, 1.54) is 44.9 Å². The summed E-state index contributed by atoms with van der Waals surface area (Å²) in [5, 5.41) is 7.73. The number of guanidine groups is 1. The van der Waals surface area contributed by atoms with Crippen LogP contribution in [0.3, 0.4) is 0 Å². The number of aliphatic imine (C=N–C) groups is 1. The highest BCUT2D eigenvalue weighted by Gasteiger charge is 2.25. The summed E-state index contributed by atoms with van der Waals surface area (Å²) in [6.45, 7) is 6.41. The first-order chi connectivity index (χ1) is 12.8. The largest absolute Gasteiger partial charge is 0.370 e. The van der Waals surface area contributed by atoms with Gasteiger partial charge in [-0.1, -0.05) is 38.5 Å². The summed E-state index contributed by atoms with van der Waals surface area (Å²) in [4.78, 5) is 7.22. The molecule has 1 atom stereocenters. The van der Waals surface area contributed by atoms with Crippen LogP contribution < -0.4 is 5.32 Å². The lowest BCUT2D eigenvalue weighted by atomic mass is 10.0. The van der Waals surface area contributed by atoms with Gasteiger partial charge in [0.05, 0.1) is 19.3 Å². The van der Waals surface area contributed by atoms with Crippen molar-refractivity contribution in [3.05, 3.63) is 18.0 Å². The molecule has 1 aliphatic carbocycles. The molecule has 1 unspecified atom stereocenters. The molecule has 0 radical (unpaired) electrons. The normalized spacial score (nSPS) is 22.2. The lowest BCUT2D eigenvalue weighted by Gasteiger charge is -2.34. The molecule has 1 aromatic heterocycles. The van der Waals surface area contributed by atoms with Gasteiger partial charge < -0.3 is 15.0 Å². The van der Waals surface area contributed by atoms with E-state index in [9.17, 15) is 0 Å². The van der Waals surface area contributed by atoms with Crippen LogP contribution in [-0.2, 0) is 11.8 Å². The molecule has 1 saturated heterocycles. The Bertz CT molecular complexity index is 564. The third kappa shape index (κ3) is 5.47. The van der Waals surface area contributed by atoms with Crippen LogP contribution in [-0.4, -0.2) is 53.4 Å². The molecule has 1 N–H and O–H groups in total. The van der Waals surface area contributed by atoms with E-state index < -0.39 is 0 Å². The number of nitrogens with one attached hydrogen (secondary N) is 1. The molecule has 146 valence electrons. The predicted molar refractivity (Wildman–Crippen MR) is 105 cm³/mol. The van der Waals surface area contributed by atoms with E-state index in [2.05, 4.69) is 22.2 Å². The molecule has 1 aromatic rings. The number of ether oxygens (including phenoxy) is 1. The molecule has 0 bridgehead atoms. The molecule has 6 heteroatoms. The summed E-state index contributed by atoms with van der Waals surface area (Å²) in [6.07, 6.45) is 13.7. The lowest BCUT2D eigenvalue weighted by molar-refractivity contribution is -0.00804. The number of hydrogen-bond donors (Lipinski definition) is 1. The van der Waals surface area contributed by atoms with Gasteiger partial charge in [0, 0.05) is 38.4 Å². The van der Waals surface area contributed by atoms with Crippen LogP contribution in [0.2, 0.25) is 0 Å². The standard InChI is InChI=1S/C20H35N5O/c1-3-21-20(22-11-7-6-10-17-8-4-5-9-17)25-12-13-26-19(16-25)18-14-23-24(2)15-18/h14-15,17,19H,3-13,16H2,1-2H3,(H,21,22). The van der Waals surface area contributed by atoms with Gasteiger partial charge in [-0.15, -0.1) is 0 Å². The Morgan fingerprint density at radius 2 is 2.19 bits per heavy atom. The van der Waals surface area contributed by atoms with Crippen molar-refractivity contribution in [2.75, 3.05) is 32.8 Å². The van der Waals surface area contributed by atoms with E-state index >= 15 is 0 Å². The van der Waals surface area contributed by atoms with Crippen LogP contribution >= 0.6 is 0 Å². The highest BCUT2D eigenvalue weighted by molar-refractivity contribution is 5.80. The molecule has 0 aromatic carbocycles. The monoisotopic (exact) mass is 361 g/mol. The SMILES string of the molecule is CCNC(=NCCCCC1CCCC1)N1CCOC(c2cnn(C)c2)C1. The summed E-state index contributed by atoms with van der Waals surface area (Å²) < 4.78 is 7.79. The smallest absolute Gasteiger partial charge is 0.194 e. The van der Waals surface area contributed by atoms with E-state index in [0.29, 0.717) is 0 Å². The van der Waals surface area contributed by atoms with Gasteiger partial charge in [-0.05, 0) is 19.3 Å². The fraction of sp³-hybridized carbons (Fsp3) is 0.800. The number of rotatable bonds is 7. The van der Waals surface area contributed by atoms with Crippen molar-refractivity contribution in [1.29, 1.82) is 0 Å². The molecule has 2 aliphatic rings. The topological polar surface area (TPSA) is 54.7 Å². The number of morpholine rings is 1. The maximum atomic E-state index is 5.96. The Kier molecular flexibility index (Phi) is 7.35. The van der Waals surface area contributed by atoms with Crippen molar-refractivity contribution < 1.29 is 4.74 Å². The quantitative estimate of drug-likeness (QED) is 0.461. The van der Waals surface area contributed by atoms with Crippen molar-refractivity contribution in [3.8, 4) is 0 Å². The molecule has 2 heterocycles. The van der Waals surface area contributed by atoms with Crippen molar-refractivity contribution in [3.63, 3.8) is 0 Å². The first kappa shape index (κ1) is 19.2. The average Bonchev–Trinajstić information content (AvgIpc) is 3.32. The molecule has 0 spiro atoms. The van der Waals surface area contributed by atoms with Crippen molar-refractivity contribution >= 4 is 5.96 Å². The number of aryl methyl sites for hydroxylation is 1. The molecule has 6 nitrogen and oxygen atoms in total. The van der Waals surface area contributed by atoms with E-state index in [4.69, 9.17) is 9.73 Å². The third-order valence-corrected chi connectivity index (χ3v) is 5.55. The minimum Gasteiger partial charge on any atom is -0.370 e. The van der Waals surface area contributed by atoms with Gasteiger partial charge in [-0.2, -0.15) is 5.10 Å². The van der Waals surface area contributed by atoms with Gasteiger partial charge >= 0.3 is 0 Å². The zero-order valence-corrected chi connectivity index (χ0v) is 16.5. The maximum absolute atomic E-state index is 5.96. The highest BCUT2D eigenvalue weighted by Crippen LogP contribution is 2.28. The Balaban J connectivity index is 1.48. The minimum atomic E-state index is 0.0728. The molecular weight excluding hydrogens is 326 g/mol. The van der Waals surface area contributed by atoms with Gasteiger partial charge in [-0.3, -0.25) is 9.67 Å². The number of unbranched alkanes of at least 4 members (excludes halogenated alkanes) is 1. The second kappa shape index (κ2) is 9.95. The van der Waals surface area contributed by atoms with Crippen molar-refractivity contribution in [2.24, 2.45) is 18.0 Å². The Labute approximate surface area is 158 Å². The molecule has 1 saturated carbocycles. The zero-order valence-electron chi connectivity index (χ0n) is 16.5. The van der Waals surface area contributed by atoms with E-state index in [1.54, 1.807) is 0 Å². The second-order valence-electron chi connectivity index (χ2n) is 7.63. The Hall–Kier alpha value is -1.56. The first-order valence-electron chi connectivity index (χ1n) is 10.4. The van der Waals surface area contributed by atoms with Crippen molar-refractivity contribution in [1.82, 2.24) is 20.0 Å². The molecule has 2 fully saturated rings. The zero-order chi connectivity index (χ0) is 18.2. The molecule has 3 rings (SSSR count). The summed E-state index contributed by atoms with van der Waals surface area (Å²) in [5.74, 6) is 2.03. The van der Waals surface area contributed by atoms with Gasteiger partial charge in [0.2, 0.25) is 0 Å². The van der Waals surface area contributed by atoms with E-state index in [-0.39, 0.29) is 6.10 Å². The predicted octanol–water partition coefficient (Wildman–Crippen LogP) is 3.12. The van der Waals surface area contributed by atoms with E-state index in [1.807, 2.05) is 24.1 Å². The maximum Gasteiger partial charge on any atom is 0.194 e. The fourth-order valence-corrected chi connectivity index (χ4v) is 4.10. The van der Waals surface area contributed by atoms with Gasteiger partial charge in [0.1, 0.15) is 6.10 Å². The minimum absolute atomic E-state index is 0.0728. The number of hydrogen-bond acceptors (Lipinski definition) is 3. The van der Waals surface area contributed by atoms with Gasteiger partial charge in [-0.25, -0.2) is 0 Å². The van der Waals surface area contributed by atoms with Crippen LogP contribution in [0, 0.1) is 5.92 Å². The van der Waals surface area contributed by atoms with Crippen LogP contribution in [0.1, 0.15) is 63.5 Å². The van der Waals surface area contributed by atoms with Crippen LogP contribution in [0.15, 0.2) is 17.4 Å². The molecule has 0 amide bonds. The first-order valence-corrected chi connectivity index (χ1v) is 10.4. The average molecular weight is 362 g/mol. The molecule has 26 heavy (non-hydrogen) atoms. The summed E-state index contributed by atoms with van der Waals surface area (Å²) >= 11 is 0. The summed E-state index contributed by atoms with van der Waals surface area (Å²) in [7, 11) is 1.95. The Morgan fingerprint density at radius 3 is 2.92 bits per heavy atom. The number of aromatic nitrogens is 2. The van der Waals surface area contributed by atoms with Crippen molar-refractivity contribution in [2.45, 2.75) is 58.0 Å². The Morgan fingerprint density at radius 1 is 1.35 bits per heavy atom. The second-order valence-corrected chi connectivity index (χ2v) is 7.63. The molecule has 1 aliphatic heterocycles. The number of nitrogens with zero attached hydrogens (tertiary/aromatic N) is 4. The van der Waals surface area contributed by atoms with Crippen LogP contribution in [0.4, 0.5) is 0 Å². The van der Waals surface area contributed by atoms with E-state index in [0.717, 1.165) is 50.2 Å². The summed E-state index contributed by atoms with van der Waals surface area (Å²) in [6, 6.07) is 0. The summed E-state index contributed by atoms with van der Waals surface area (Å²) in [5.41, 5.74) is 1.14. The van der Waals surface area contributed by atoms with Crippen LogP contribution in [0.5, 0.6) is 0 Å². The fourth-order valence-electron chi connectivity index (χ4n) is 4.10. The lowest BCUT2D eigenvalue weighted by Crippen LogP contribution is -2.48. The van der Waals surface area contributed by atoms with Gasteiger partial charge in [0.15, 0.2) is 5.96 Å².